The Morgan fingerprint density at radius 3 is 2.26 bits per heavy atom. The van der Waals surface area contributed by atoms with Crippen molar-refractivity contribution in [2.45, 2.75) is 26.1 Å². The monoisotopic (exact) mass is 269 g/mol. The largest absolute Gasteiger partial charge is 0.507 e. The predicted molar refractivity (Wildman–Crippen MR) is 70.3 cm³/mol. The summed E-state index contributed by atoms with van der Waals surface area (Å²) in [5.74, 6) is -1.78. The number of nitrogens with zero attached hydrogens (tertiary/aromatic N) is 1. The maximum atomic E-state index is 10.6. The van der Waals surface area contributed by atoms with E-state index < -0.39 is 18.2 Å². The van der Waals surface area contributed by atoms with Gasteiger partial charge in [-0.25, -0.2) is 4.79 Å². The Balaban J connectivity index is 3.03. The zero-order valence-electron chi connectivity index (χ0n) is 10.9. The molecule has 0 saturated carbocycles. The van der Waals surface area contributed by atoms with Crippen LogP contribution in [0.5, 0.6) is 5.75 Å². The van der Waals surface area contributed by atoms with Crippen LogP contribution >= 0.6 is 0 Å². The van der Waals surface area contributed by atoms with Crippen LogP contribution in [-0.4, -0.2) is 45.6 Å². The molecule has 0 aliphatic heterocycles. The molecule has 0 amide bonds. The number of aliphatic hydroxyl groups excluding tert-OH is 2. The van der Waals surface area contributed by atoms with Crippen molar-refractivity contribution in [3.8, 4) is 5.75 Å². The molecule has 0 aliphatic rings. The third-order valence-corrected chi connectivity index (χ3v) is 3.01. The molecule has 0 aliphatic carbocycles. The SMILES string of the molecule is CCN(CC)c1ccc(C(O)C(O)C(=O)O)c(O)c1. The second-order valence-electron chi connectivity index (χ2n) is 4.14. The maximum absolute atomic E-state index is 10.6. The van der Waals surface area contributed by atoms with Crippen molar-refractivity contribution in [1.82, 2.24) is 0 Å². The zero-order chi connectivity index (χ0) is 14.6. The summed E-state index contributed by atoms with van der Waals surface area (Å²) in [7, 11) is 0. The summed E-state index contributed by atoms with van der Waals surface area (Å²) >= 11 is 0. The number of aliphatic hydroxyl groups is 2. The topological polar surface area (TPSA) is 101 Å². The lowest BCUT2D eigenvalue weighted by Gasteiger charge is -2.23. The molecule has 6 heteroatoms. The maximum Gasteiger partial charge on any atom is 0.335 e. The molecule has 19 heavy (non-hydrogen) atoms. The van der Waals surface area contributed by atoms with E-state index in [9.17, 15) is 20.1 Å². The van der Waals surface area contributed by atoms with E-state index in [1.165, 1.54) is 12.1 Å². The molecule has 0 heterocycles. The Morgan fingerprint density at radius 1 is 1.26 bits per heavy atom. The summed E-state index contributed by atoms with van der Waals surface area (Å²) in [4.78, 5) is 12.6. The van der Waals surface area contributed by atoms with Gasteiger partial charge in [-0.2, -0.15) is 0 Å². The molecule has 0 spiro atoms. The number of carboxylic acid groups (broad SMARTS) is 1. The van der Waals surface area contributed by atoms with Gasteiger partial charge < -0.3 is 25.3 Å². The number of hydrogen-bond donors (Lipinski definition) is 4. The van der Waals surface area contributed by atoms with Crippen LogP contribution in [0.2, 0.25) is 0 Å². The van der Waals surface area contributed by atoms with Gasteiger partial charge in [-0.15, -0.1) is 0 Å². The summed E-state index contributed by atoms with van der Waals surface area (Å²) in [6.45, 7) is 5.46. The van der Waals surface area contributed by atoms with Crippen LogP contribution in [0.1, 0.15) is 25.5 Å². The molecule has 1 aromatic carbocycles. The van der Waals surface area contributed by atoms with Crippen LogP contribution in [0.15, 0.2) is 18.2 Å². The number of aromatic hydroxyl groups is 1. The molecular formula is C13H19NO5. The predicted octanol–water partition coefficient (Wildman–Crippen LogP) is 0.717. The van der Waals surface area contributed by atoms with Crippen LogP contribution in [-0.2, 0) is 4.79 Å². The van der Waals surface area contributed by atoms with E-state index in [1.807, 2.05) is 18.7 Å². The molecule has 0 bridgehead atoms. The van der Waals surface area contributed by atoms with Gasteiger partial charge in [-0.1, -0.05) is 6.07 Å². The highest BCUT2D eigenvalue weighted by Crippen LogP contribution is 2.30. The second-order valence-corrected chi connectivity index (χ2v) is 4.14. The number of aliphatic carboxylic acids is 1. The Morgan fingerprint density at radius 2 is 1.84 bits per heavy atom. The highest BCUT2D eigenvalue weighted by molar-refractivity contribution is 5.73. The van der Waals surface area contributed by atoms with Gasteiger partial charge >= 0.3 is 5.97 Å². The number of benzene rings is 1. The quantitative estimate of drug-likeness (QED) is 0.607. The number of phenols is 1. The van der Waals surface area contributed by atoms with E-state index in [4.69, 9.17) is 5.11 Å². The number of anilines is 1. The first kappa shape index (κ1) is 15.3. The van der Waals surface area contributed by atoms with Gasteiger partial charge in [0.2, 0.25) is 0 Å². The number of carbonyl (C=O) groups is 1. The molecule has 1 aromatic rings. The molecule has 2 atom stereocenters. The summed E-state index contributed by atoms with van der Waals surface area (Å²) in [5, 5.41) is 37.4. The average Bonchev–Trinajstić information content (AvgIpc) is 2.38. The first-order valence-corrected chi connectivity index (χ1v) is 6.09. The Labute approximate surface area is 111 Å². The van der Waals surface area contributed by atoms with Gasteiger partial charge in [0.15, 0.2) is 6.10 Å². The molecule has 0 fully saturated rings. The van der Waals surface area contributed by atoms with Crippen LogP contribution in [0.25, 0.3) is 0 Å². The molecule has 106 valence electrons. The molecule has 1 rings (SSSR count). The normalized spacial score (nSPS) is 13.9. The van der Waals surface area contributed by atoms with Crippen molar-refractivity contribution in [2.24, 2.45) is 0 Å². The second kappa shape index (κ2) is 6.40. The first-order chi connectivity index (χ1) is 8.92. The van der Waals surface area contributed by atoms with Crippen molar-refractivity contribution in [2.75, 3.05) is 18.0 Å². The minimum absolute atomic E-state index is 0.00851. The van der Waals surface area contributed by atoms with Crippen LogP contribution in [0.4, 0.5) is 5.69 Å². The highest BCUT2D eigenvalue weighted by atomic mass is 16.4. The van der Waals surface area contributed by atoms with E-state index >= 15 is 0 Å². The first-order valence-electron chi connectivity index (χ1n) is 6.09. The minimum Gasteiger partial charge on any atom is -0.507 e. The Hall–Kier alpha value is -1.79. The van der Waals surface area contributed by atoms with Gasteiger partial charge in [-0.05, 0) is 19.9 Å². The molecule has 6 nitrogen and oxygen atoms in total. The van der Waals surface area contributed by atoms with Gasteiger partial charge in [0, 0.05) is 30.4 Å². The molecular weight excluding hydrogens is 250 g/mol. The van der Waals surface area contributed by atoms with E-state index in [-0.39, 0.29) is 11.3 Å². The molecule has 0 aromatic heterocycles. The number of hydrogen-bond acceptors (Lipinski definition) is 5. The minimum atomic E-state index is -1.97. The summed E-state index contributed by atoms with van der Waals surface area (Å²) in [6, 6.07) is 4.53. The van der Waals surface area contributed by atoms with Crippen LogP contribution in [0, 0.1) is 0 Å². The lowest BCUT2D eigenvalue weighted by atomic mass is 10.0. The Bertz CT molecular complexity index is 445. The number of carboxylic acids is 1. The van der Waals surface area contributed by atoms with E-state index in [0.29, 0.717) is 0 Å². The van der Waals surface area contributed by atoms with Gasteiger partial charge in [0.05, 0.1) is 0 Å². The van der Waals surface area contributed by atoms with Crippen molar-refractivity contribution < 1.29 is 25.2 Å². The fourth-order valence-electron chi connectivity index (χ4n) is 1.87. The highest BCUT2D eigenvalue weighted by Gasteiger charge is 2.27. The summed E-state index contributed by atoms with van der Waals surface area (Å²) in [6.07, 6.45) is -3.63. The van der Waals surface area contributed by atoms with E-state index in [0.717, 1.165) is 18.8 Å². The van der Waals surface area contributed by atoms with Gasteiger partial charge in [0.1, 0.15) is 11.9 Å². The van der Waals surface area contributed by atoms with Crippen molar-refractivity contribution in [3.63, 3.8) is 0 Å². The fourth-order valence-corrected chi connectivity index (χ4v) is 1.87. The fraction of sp³-hybridized carbons (Fsp3) is 0.462. The summed E-state index contributed by atoms with van der Waals surface area (Å²) < 4.78 is 0. The van der Waals surface area contributed by atoms with E-state index in [2.05, 4.69) is 0 Å². The van der Waals surface area contributed by atoms with Crippen LogP contribution < -0.4 is 4.90 Å². The van der Waals surface area contributed by atoms with Gasteiger partial charge in [-0.3, -0.25) is 0 Å². The molecule has 4 N–H and O–H groups in total. The lowest BCUT2D eigenvalue weighted by Crippen LogP contribution is -2.27. The van der Waals surface area contributed by atoms with Crippen molar-refractivity contribution in [3.05, 3.63) is 23.8 Å². The zero-order valence-corrected chi connectivity index (χ0v) is 10.9. The van der Waals surface area contributed by atoms with Crippen LogP contribution in [0.3, 0.4) is 0 Å². The number of phenolic OH excluding ortho intramolecular Hbond substituents is 1. The number of rotatable bonds is 6. The average molecular weight is 269 g/mol. The van der Waals surface area contributed by atoms with Gasteiger partial charge in [0.25, 0.3) is 0 Å². The molecule has 2 unspecified atom stereocenters. The standard InChI is InChI=1S/C13H19NO5/c1-3-14(4-2)8-5-6-9(10(15)7-8)11(16)12(17)13(18)19/h5-7,11-12,15-17H,3-4H2,1-2H3,(H,18,19). The van der Waals surface area contributed by atoms with E-state index in [1.54, 1.807) is 6.07 Å². The molecule has 0 radical (unpaired) electrons. The Kier molecular flexibility index (Phi) is 5.14. The van der Waals surface area contributed by atoms with Crippen molar-refractivity contribution >= 4 is 11.7 Å². The molecule has 0 saturated heterocycles. The third-order valence-electron chi connectivity index (χ3n) is 3.01. The lowest BCUT2D eigenvalue weighted by molar-refractivity contribution is -0.153. The van der Waals surface area contributed by atoms with Crippen molar-refractivity contribution in [1.29, 1.82) is 0 Å². The third kappa shape index (κ3) is 3.36. The smallest absolute Gasteiger partial charge is 0.335 e. The summed E-state index contributed by atoms with van der Waals surface area (Å²) in [5.41, 5.74) is 0.758.